The lowest BCUT2D eigenvalue weighted by Gasteiger charge is -2.30. The summed E-state index contributed by atoms with van der Waals surface area (Å²) in [5.74, 6) is -1.64. The van der Waals surface area contributed by atoms with Gasteiger partial charge in [0.05, 0.1) is 6.42 Å². The lowest BCUT2D eigenvalue weighted by molar-refractivity contribution is -0.143. The second-order valence-electron chi connectivity index (χ2n) is 9.21. The lowest BCUT2D eigenvalue weighted by Crippen LogP contribution is -2.52. The third kappa shape index (κ3) is 5.07. The summed E-state index contributed by atoms with van der Waals surface area (Å²) < 4.78 is 5.53. The van der Waals surface area contributed by atoms with E-state index in [2.05, 4.69) is 17.4 Å². The van der Waals surface area contributed by atoms with Crippen molar-refractivity contribution in [1.82, 2.24) is 15.1 Å². The van der Waals surface area contributed by atoms with Crippen molar-refractivity contribution in [2.45, 2.75) is 37.3 Å². The number of benzene rings is 2. The first-order chi connectivity index (χ1) is 16.3. The zero-order chi connectivity index (χ0) is 24.2. The highest BCUT2D eigenvalue weighted by atomic mass is 16.5. The molecule has 1 heterocycles. The fourth-order valence-electron chi connectivity index (χ4n) is 5.09. The molecule has 34 heavy (non-hydrogen) atoms. The van der Waals surface area contributed by atoms with E-state index in [1.165, 1.54) is 0 Å². The summed E-state index contributed by atoms with van der Waals surface area (Å²) in [5.41, 5.74) is 4.40. The summed E-state index contributed by atoms with van der Waals surface area (Å²) in [4.78, 5) is 41.0. The maximum absolute atomic E-state index is 13.2. The lowest BCUT2D eigenvalue weighted by atomic mass is 9.98. The van der Waals surface area contributed by atoms with Gasteiger partial charge in [0.15, 0.2) is 0 Å². The van der Waals surface area contributed by atoms with Crippen molar-refractivity contribution >= 4 is 18.0 Å². The van der Waals surface area contributed by atoms with Crippen LogP contribution in [-0.4, -0.2) is 78.8 Å². The number of nitrogens with one attached hydrogen (secondary N) is 1. The smallest absolute Gasteiger partial charge is 0.407 e. The van der Waals surface area contributed by atoms with Crippen LogP contribution in [-0.2, 0) is 14.3 Å². The maximum Gasteiger partial charge on any atom is 0.407 e. The number of carboxylic acid groups (broad SMARTS) is 1. The van der Waals surface area contributed by atoms with Crippen molar-refractivity contribution in [2.75, 3.05) is 33.8 Å². The molecule has 2 unspecified atom stereocenters. The summed E-state index contributed by atoms with van der Waals surface area (Å²) in [7, 11) is 3.87. The molecule has 1 saturated heterocycles. The van der Waals surface area contributed by atoms with E-state index < -0.39 is 24.5 Å². The molecule has 8 heteroatoms. The van der Waals surface area contributed by atoms with Crippen LogP contribution in [0.1, 0.15) is 36.3 Å². The molecule has 1 fully saturated rings. The molecule has 2 N–H and O–H groups in total. The van der Waals surface area contributed by atoms with Crippen molar-refractivity contribution in [3.8, 4) is 11.1 Å². The molecule has 1 aliphatic heterocycles. The molecule has 0 spiro atoms. The van der Waals surface area contributed by atoms with Gasteiger partial charge in [0.25, 0.3) is 0 Å². The Morgan fingerprint density at radius 2 is 1.71 bits per heavy atom. The van der Waals surface area contributed by atoms with Crippen molar-refractivity contribution in [3.05, 3.63) is 59.7 Å². The van der Waals surface area contributed by atoms with E-state index in [4.69, 9.17) is 4.74 Å². The van der Waals surface area contributed by atoms with Gasteiger partial charge in [-0.3, -0.25) is 9.59 Å². The Morgan fingerprint density at radius 3 is 2.29 bits per heavy atom. The van der Waals surface area contributed by atoms with Crippen LogP contribution < -0.4 is 5.32 Å². The van der Waals surface area contributed by atoms with E-state index in [1.807, 2.05) is 55.4 Å². The number of hydrogen-bond donors (Lipinski definition) is 2. The number of carbonyl (C=O) groups is 3. The van der Waals surface area contributed by atoms with Gasteiger partial charge in [-0.1, -0.05) is 48.5 Å². The predicted octanol–water partition coefficient (Wildman–Crippen LogP) is 2.92. The Labute approximate surface area is 199 Å². The molecule has 2 amide bonds. The first kappa shape index (κ1) is 23.8. The maximum atomic E-state index is 13.2. The summed E-state index contributed by atoms with van der Waals surface area (Å²) in [6, 6.07) is 14.9. The minimum absolute atomic E-state index is 0.00288. The van der Waals surface area contributed by atoms with Gasteiger partial charge in [0, 0.05) is 25.0 Å². The third-order valence-electron chi connectivity index (χ3n) is 6.55. The predicted molar refractivity (Wildman–Crippen MR) is 128 cm³/mol. The second kappa shape index (κ2) is 10.3. The number of fused-ring (bicyclic) bond motifs is 3. The number of rotatable bonds is 8. The molecule has 4 rings (SSSR count). The first-order valence-corrected chi connectivity index (χ1v) is 11.6. The molecule has 180 valence electrons. The number of carboxylic acids is 1. The molecular formula is C26H31N3O5. The molecule has 2 aliphatic rings. The van der Waals surface area contributed by atoms with Crippen LogP contribution in [0.2, 0.25) is 0 Å². The zero-order valence-corrected chi connectivity index (χ0v) is 19.6. The van der Waals surface area contributed by atoms with E-state index in [1.54, 1.807) is 4.90 Å². The summed E-state index contributed by atoms with van der Waals surface area (Å²) in [6.45, 7) is 1.34. The Balaban J connectivity index is 1.43. The van der Waals surface area contributed by atoms with Crippen molar-refractivity contribution in [1.29, 1.82) is 0 Å². The SMILES string of the molecule is CN(C)CC1CCCN1C(=O)C(CC(=O)O)NC(=O)OCC1c2ccccc2-c2ccccc21. The number of hydrogen-bond acceptors (Lipinski definition) is 5. The van der Waals surface area contributed by atoms with Crippen LogP contribution >= 0.6 is 0 Å². The highest BCUT2D eigenvalue weighted by Crippen LogP contribution is 2.44. The van der Waals surface area contributed by atoms with Gasteiger partial charge in [-0.05, 0) is 49.2 Å². The zero-order valence-electron chi connectivity index (χ0n) is 19.6. The van der Waals surface area contributed by atoms with Gasteiger partial charge < -0.3 is 25.0 Å². The minimum atomic E-state index is -1.17. The van der Waals surface area contributed by atoms with Crippen LogP contribution in [0.5, 0.6) is 0 Å². The summed E-state index contributed by atoms with van der Waals surface area (Å²) in [5, 5.41) is 11.9. The molecule has 8 nitrogen and oxygen atoms in total. The Kier molecular flexibility index (Phi) is 7.17. The fourth-order valence-corrected chi connectivity index (χ4v) is 5.09. The Morgan fingerprint density at radius 1 is 1.09 bits per heavy atom. The first-order valence-electron chi connectivity index (χ1n) is 11.6. The molecule has 2 atom stereocenters. The van der Waals surface area contributed by atoms with Crippen LogP contribution in [0.3, 0.4) is 0 Å². The number of aliphatic carboxylic acids is 1. The average molecular weight is 466 g/mol. The summed E-state index contributed by atoms with van der Waals surface area (Å²) >= 11 is 0. The Bertz CT molecular complexity index is 1020. The molecule has 2 aromatic carbocycles. The molecule has 0 saturated carbocycles. The van der Waals surface area contributed by atoms with Crippen LogP contribution in [0.4, 0.5) is 4.79 Å². The van der Waals surface area contributed by atoms with Gasteiger partial charge >= 0.3 is 12.1 Å². The van der Waals surface area contributed by atoms with Gasteiger partial charge in [-0.2, -0.15) is 0 Å². The third-order valence-corrected chi connectivity index (χ3v) is 6.55. The summed E-state index contributed by atoms with van der Waals surface area (Å²) in [6.07, 6.45) is 0.433. The number of alkyl carbamates (subject to hydrolysis) is 1. The van der Waals surface area contributed by atoms with E-state index in [-0.39, 0.29) is 24.5 Å². The van der Waals surface area contributed by atoms with E-state index in [9.17, 15) is 19.5 Å². The topological polar surface area (TPSA) is 99.2 Å². The van der Waals surface area contributed by atoms with E-state index in [0.717, 1.165) is 35.1 Å². The van der Waals surface area contributed by atoms with Crippen molar-refractivity contribution in [3.63, 3.8) is 0 Å². The number of amides is 2. The number of nitrogens with zero attached hydrogens (tertiary/aromatic N) is 2. The second-order valence-corrected chi connectivity index (χ2v) is 9.21. The molecular weight excluding hydrogens is 434 g/mol. The normalized spacial score (nSPS) is 17.9. The standard InChI is InChI=1S/C26H31N3O5/c1-28(2)15-17-8-7-13-29(17)25(32)23(14-24(30)31)27-26(33)34-16-22-20-11-5-3-9-18(20)19-10-4-6-12-21(19)22/h3-6,9-12,17,22-23H,7-8,13-16H2,1-2H3,(H,27,33)(H,30,31). The highest BCUT2D eigenvalue weighted by molar-refractivity contribution is 5.89. The molecule has 0 radical (unpaired) electrons. The largest absolute Gasteiger partial charge is 0.481 e. The number of likely N-dealkylation sites (tertiary alicyclic amines) is 1. The van der Waals surface area contributed by atoms with Gasteiger partial charge in [-0.25, -0.2) is 4.79 Å². The quantitative estimate of drug-likeness (QED) is 0.622. The van der Waals surface area contributed by atoms with Gasteiger partial charge in [0.1, 0.15) is 12.6 Å². The molecule has 2 aromatic rings. The number of likely N-dealkylation sites (N-methyl/N-ethyl adjacent to an activating group) is 1. The van der Waals surface area contributed by atoms with Gasteiger partial charge in [-0.15, -0.1) is 0 Å². The van der Waals surface area contributed by atoms with Gasteiger partial charge in [0.2, 0.25) is 5.91 Å². The van der Waals surface area contributed by atoms with Crippen molar-refractivity contribution in [2.24, 2.45) is 0 Å². The van der Waals surface area contributed by atoms with Crippen LogP contribution in [0.25, 0.3) is 11.1 Å². The number of carbonyl (C=O) groups excluding carboxylic acids is 2. The van der Waals surface area contributed by atoms with Crippen LogP contribution in [0.15, 0.2) is 48.5 Å². The monoisotopic (exact) mass is 465 g/mol. The average Bonchev–Trinajstić information content (AvgIpc) is 3.38. The highest BCUT2D eigenvalue weighted by Gasteiger charge is 2.36. The Hall–Kier alpha value is -3.39. The van der Waals surface area contributed by atoms with E-state index >= 15 is 0 Å². The molecule has 0 aromatic heterocycles. The van der Waals surface area contributed by atoms with Crippen LogP contribution in [0, 0.1) is 0 Å². The fraction of sp³-hybridized carbons (Fsp3) is 0.423. The molecule has 0 bridgehead atoms. The van der Waals surface area contributed by atoms with E-state index in [0.29, 0.717) is 13.1 Å². The van der Waals surface area contributed by atoms with Crippen molar-refractivity contribution < 1.29 is 24.2 Å². The molecule has 1 aliphatic carbocycles. The number of ether oxygens (including phenoxy) is 1. The minimum Gasteiger partial charge on any atom is -0.481 e.